The van der Waals surface area contributed by atoms with Crippen molar-refractivity contribution in [2.75, 3.05) is 0 Å². The van der Waals surface area contributed by atoms with Gasteiger partial charge in [-0.1, -0.05) is 11.6 Å². The average molecular weight is 416 g/mol. The van der Waals surface area contributed by atoms with Crippen LogP contribution in [0.5, 0.6) is 0 Å². The van der Waals surface area contributed by atoms with Gasteiger partial charge in [0.15, 0.2) is 5.69 Å². The topological polar surface area (TPSA) is 71.8 Å². The van der Waals surface area contributed by atoms with Gasteiger partial charge in [-0.25, -0.2) is 0 Å². The monoisotopic (exact) mass is 415 g/mol. The van der Waals surface area contributed by atoms with Crippen LogP contribution in [0.15, 0.2) is 36.7 Å². The van der Waals surface area contributed by atoms with Crippen molar-refractivity contribution in [3.05, 3.63) is 68.4 Å². The Morgan fingerprint density at radius 3 is 2.86 bits per heavy atom. The molecule has 0 spiro atoms. The molecule has 3 heterocycles. The molecule has 1 atom stereocenters. The molecule has 2 N–H and O–H groups in total. The second-order valence-electron chi connectivity index (χ2n) is 6.96. The first-order valence-electron chi connectivity index (χ1n) is 9.29. The molecule has 8 heteroatoms. The number of carbonyl (C=O) groups excluding carboxylic acids is 1. The number of rotatable bonds is 6. The number of nitrogens with one attached hydrogen (secondary N) is 2. The second kappa shape index (κ2) is 8.43. The van der Waals surface area contributed by atoms with Crippen molar-refractivity contribution in [3.8, 4) is 0 Å². The third-order valence-corrected chi connectivity index (χ3v) is 6.30. The second-order valence-corrected chi connectivity index (χ2v) is 8.76. The van der Waals surface area contributed by atoms with Crippen LogP contribution in [0.25, 0.3) is 0 Å². The number of carbonyl (C=O) groups is 1. The molecule has 1 amide bonds. The molecule has 3 aromatic heterocycles. The number of aromatic nitrogens is 3. The van der Waals surface area contributed by atoms with E-state index in [1.165, 1.54) is 4.88 Å². The summed E-state index contributed by atoms with van der Waals surface area (Å²) in [4.78, 5) is 18.0. The lowest BCUT2D eigenvalue weighted by Crippen LogP contribution is -2.35. The van der Waals surface area contributed by atoms with Crippen LogP contribution >= 0.6 is 22.9 Å². The standard InChI is InChI=1S/C20H22ClN5OS/c1-26-17-4-2-14(23-12-15-3-5-18(21)28-15)10-16(17)19(25-26)20(27)24-11-13-6-8-22-9-7-13/h3,5-9,14,23H,2,4,10-12H2,1H3,(H,24,27). The minimum atomic E-state index is -0.126. The van der Waals surface area contributed by atoms with E-state index in [0.29, 0.717) is 18.3 Å². The summed E-state index contributed by atoms with van der Waals surface area (Å²) in [6.07, 6.45) is 6.20. The lowest BCUT2D eigenvalue weighted by Gasteiger charge is -2.24. The Morgan fingerprint density at radius 1 is 1.29 bits per heavy atom. The predicted octanol–water partition coefficient (Wildman–Crippen LogP) is 3.11. The molecule has 0 saturated carbocycles. The van der Waals surface area contributed by atoms with E-state index in [4.69, 9.17) is 11.6 Å². The zero-order valence-corrected chi connectivity index (χ0v) is 17.2. The lowest BCUT2D eigenvalue weighted by molar-refractivity contribution is 0.0944. The molecule has 1 aliphatic carbocycles. The third-order valence-electron chi connectivity index (χ3n) is 5.07. The first-order valence-corrected chi connectivity index (χ1v) is 10.5. The smallest absolute Gasteiger partial charge is 0.272 e. The number of nitrogens with zero attached hydrogens (tertiary/aromatic N) is 3. The van der Waals surface area contributed by atoms with Crippen LogP contribution < -0.4 is 10.6 Å². The van der Waals surface area contributed by atoms with Crippen molar-refractivity contribution < 1.29 is 4.79 Å². The summed E-state index contributed by atoms with van der Waals surface area (Å²) in [5, 5.41) is 11.1. The molecule has 0 radical (unpaired) electrons. The first kappa shape index (κ1) is 19.1. The van der Waals surface area contributed by atoms with Gasteiger partial charge in [-0.2, -0.15) is 5.10 Å². The number of amides is 1. The van der Waals surface area contributed by atoms with Gasteiger partial charge >= 0.3 is 0 Å². The van der Waals surface area contributed by atoms with Gasteiger partial charge in [0.25, 0.3) is 5.91 Å². The number of pyridine rings is 1. The fourth-order valence-corrected chi connectivity index (χ4v) is 4.64. The summed E-state index contributed by atoms with van der Waals surface area (Å²) in [6.45, 7) is 1.26. The Balaban J connectivity index is 1.42. The van der Waals surface area contributed by atoms with Gasteiger partial charge in [0.05, 0.1) is 4.34 Å². The van der Waals surface area contributed by atoms with Gasteiger partial charge in [-0.15, -0.1) is 11.3 Å². The Hall–Kier alpha value is -2.22. The minimum Gasteiger partial charge on any atom is -0.347 e. The Morgan fingerprint density at radius 2 is 2.11 bits per heavy atom. The number of thiophene rings is 1. The van der Waals surface area contributed by atoms with Crippen LogP contribution in [0.2, 0.25) is 4.34 Å². The first-order chi connectivity index (χ1) is 13.6. The van der Waals surface area contributed by atoms with Crippen molar-refractivity contribution in [2.45, 2.75) is 38.4 Å². The summed E-state index contributed by atoms with van der Waals surface area (Å²) >= 11 is 7.61. The van der Waals surface area contributed by atoms with Crippen LogP contribution in [-0.2, 0) is 33.0 Å². The van der Waals surface area contributed by atoms with E-state index in [2.05, 4.69) is 26.8 Å². The van der Waals surface area contributed by atoms with E-state index in [-0.39, 0.29) is 5.91 Å². The lowest BCUT2D eigenvalue weighted by atomic mass is 9.91. The van der Waals surface area contributed by atoms with Gasteiger partial charge in [-0.05, 0) is 49.1 Å². The van der Waals surface area contributed by atoms with Crippen LogP contribution in [0.3, 0.4) is 0 Å². The van der Waals surface area contributed by atoms with Crippen molar-refractivity contribution >= 4 is 28.8 Å². The molecule has 0 saturated heterocycles. The number of aryl methyl sites for hydroxylation is 1. The summed E-state index contributed by atoms with van der Waals surface area (Å²) in [5.41, 5.74) is 3.77. The van der Waals surface area contributed by atoms with E-state index >= 15 is 0 Å². The number of halogens is 1. The molecular weight excluding hydrogens is 394 g/mol. The molecule has 0 aromatic carbocycles. The summed E-state index contributed by atoms with van der Waals surface area (Å²) < 4.78 is 2.66. The Kier molecular flexibility index (Phi) is 5.75. The fourth-order valence-electron chi connectivity index (χ4n) is 3.60. The maximum atomic E-state index is 12.8. The van der Waals surface area contributed by atoms with Crippen molar-refractivity contribution in [1.29, 1.82) is 0 Å². The minimum absolute atomic E-state index is 0.126. The molecule has 1 aliphatic rings. The Bertz CT molecular complexity index is 968. The van der Waals surface area contributed by atoms with Crippen LogP contribution in [0.4, 0.5) is 0 Å². The molecular formula is C20H22ClN5OS. The van der Waals surface area contributed by atoms with E-state index < -0.39 is 0 Å². The molecule has 6 nitrogen and oxygen atoms in total. The summed E-state index contributed by atoms with van der Waals surface area (Å²) in [6, 6.07) is 8.09. The van der Waals surface area contributed by atoms with Gasteiger partial charge < -0.3 is 10.6 Å². The maximum absolute atomic E-state index is 12.8. The van der Waals surface area contributed by atoms with E-state index in [1.807, 2.05) is 29.9 Å². The van der Waals surface area contributed by atoms with Crippen LogP contribution in [0, 0.1) is 0 Å². The molecule has 28 heavy (non-hydrogen) atoms. The zero-order valence-electron chi connectivity index (χ0n) is 15.6. The van der Waals surface area contributed by atoms with Crippen LogP contribution in [-0.4, -0.2) is 26.7 Å². The molecule has 4 rings (SSSR count). The van der Waals surface area contributed by atoms with E-state index in [0.717, 1.165) is 47.0 Å². The Labute approximate surface area is 172 Å². The molecule has 146 valence electrons. The van der Waals surface area contributed by atoms with Crippen molar-refractivity contribution in [3.63, 3.8) is 0 Å². The van der Waals surface area contributed by atoms with Gasteiger partial charge in [0, 0.05) is 54.7 Å². The average Bonchev–Trinajstić information content (AvgIpc) is 3.28. The molecule has 1 unspecified atom stereocenters. The highest BCUT2D eigenvalue weighted by Crippen LogP contribution is 2.26. The van der Waals surface area contributed by atoms with Gasteiger partial charge in [-0.3, -0.25) is 14.5 Å². The number of fused-ring (bicyclic) bond motifs is 1. The zero-order chi connectivity index (χ0) is 19.5. The molecule has 0 aliphatic heterocycles. The van der Waals surface area contributed by atoms with E-state index in [1.54, 1.807) is 23.7 Å². The van der Waals surface area contributed by atoms with Gasteiger partial charge in [0.2, 0.25) is 0 Å². The maximum Gasteiger partial charge on any atom is 0.272 e. The number of hydrogen-bond donors (Lipinski definition) is 2. The van der Waals surface area contributed by atoms with Gasteiger partial charge in [0.1, 0.15) is 0 Å². The van der Waals surface area contributed by atoms with E-state index in [9.17, 15) is 4.79 Å². The van der Waals surface area contributed by atoms with Crippen molar-refractivity contribution in [1.82, 2.24) is 25.4 Å². The summed E-state index contributed by atoms with van der Waals surface area (Å²) in [5.74, 6) is -0.126. The highest BCUT2D eigenvalue weighted by molar-refractivity contribution is 7.16. The predicted molar refractivity (Wildman–Crippen MR) is 111 cm³/mol. The quantitative estimate of drug-likeness (QED) is 0.648. The molecule has 0 fully saturated rings. The normalized spacial score (nSPS) is 16.0. The fraction of sp³-hybridized carbons (Fsp3) is 0.350. The highest BCUT2D eigenvalue weighted by Gasteiger charge is 2.28. The largest absolute Gasteiger partial charge is 0.347 e. The number of hydrogen-bond acceptors (Lipinski definition) is 5. The SMILES string of the molecule is Cn1nc(C(=O)NCc2ccncc2)c2c1CCC(NCc1ccc(Cl)s1)C2. The molecule has 3 aromatic rings. The highest BCUT2D eigenvalue weighted by atomic mass is 35.5. The molecule has 0 bridgehead atoms. The third kappa shape index (κ3) is 4.27. The summed E-state index contributed by atoms with van der Waals surface area (Å²) in [7, 11) is 1.92. The van der Waals surface area contributed by atoms with Crippen LogP contribution in [0.1, 0.15) is 38.6 Å². The van der Waals surface area contributed by atoms with Crippen molar-refractivity contribution in [2.24, 2.45) is 7.05 Å².